The van der Waals surface area contributed by atoms with E-state index >= 15 is 0 Å². The molecule has 0 aliphatic heterocycles. The van der Waals surface area contributed by atoms with Gasteiger partial charge < -0.3 is 4.90 Å². The molecule has 0 atom stereocenters. The zero-order chi connectivity index (χ0) is 12.1. The monoisotopic (exact) mass is 261 g/mol. The number of benzene rings is 1. The molecule has 0 aromatic heterocycles. The van der Waals surface area contributed by atoms with Crippen molar-refractivity contribution in [3.8, 4) is 0 Å². The molecule has 1 aromatic carbocycles. The first-order valence-corrected chi connectivity index (χ1v) is 6.53. The first-order chi connectivity index (χ1) is 7.56. The van der Waals surface area contributed by atoms with Gasteiger partial charge in [0.05, 0.1) is 5.56 Å². The second-order valence-corrected chi connectivity index (χ2v) is 4.77. The Morgan fingerprint density at radius 2 is 2.25 bits per heavy atom. The highest BCUT2D eigenvalue weighted by atomic mass is 35.5. The van der Waals surface area contributed by atoms with Gasteiger partial charge in [0, 0.05) is 24.4 Å². The van der Waals surface area contributed by atoms with Crippen molar-refractivity contribution in [3.63, 3.8) is 0 Å². The van der Waals surface area contributed by atoms with E-state index in [4.69, 9.17) is 11.6 Å². The third-order valence-electron chi connectivity index (χ3n) is 2.14. The lowest BCUT2D eigenvalue weighted by Gasteiger charge is -2.16. The minimum absolute atomic E-state index is 0.0242. The van der Waals surface area contributed by atoms with E-state index < -0.39 is 5.82 Å². The first kappa shape index (κ1) is 13.3. The van der Waals surface area contributed by atoms with E-state index in [0.717, 1.165) is 5.75 Å². The SMILES string of the molecule is CSCCN(C)C(=O)c1cc(Cl)ccc1F. The summed E-state index contributed by atoms with van der Waals surface area (Å²) in [6, 6.07) is 3.99. The first-order valence-electron chi connectivity index (χ1n) is 4.75. The van der Waals surface area contributed by atoms with Crippen molar-refractivity contribution in [2.24, 2.45) is 0 Å². The second kappa shape index (κ2) is 6.11. The van der Waals surface area contributed by atoms with E-state index in [2.05, 4.69) is 0 Å². The Kier molecular flexibility index (Phi) is 5.09. The summed E-state index contributed by atoms with van der Waals surface area (Å²) in [5, 5.41) is 0.364. The zero-order valence-corrected chi connectivity index (χ0v) is 10.7. The molecule has 16 heavy (non-hydrogen) atoms. The molecule has 0 radical (unpaired) electrons. The molecule has 0 heterocycles. The lowest BCUT2D eigenvalue weighted by molar-refractivity contribution is 0.0799. The number of thioether (sulfide) groups is 1. The largest absolute Gasteiger partial charge is 0.341 e. The molecular weight excluding hydrogens is 249 g/mol. The average molecular weight is 262 g/mol. The number of nitrogens with zero attached hydrogens (tertiary/aromatic N) is 1. The van der Waals surface area contributed by atoms with Gasteiger partial charge in [0.25, 0.3) is 5.91 Å². The fourth-order valence-corrected chi connectivity index (χ4v) is 1.83. The molecule has 0 spiro atoms. The van der Waals surface area contributed by atoms with Crippen LogP contribution in [0.5, 0.6) is 0 Å². The summed E-state index contributed by atoms with van der Waals surface area (Å²) in [6.45, 7) is 0.589. The maximum Gasteiger partial charge on any atom is 0.256 e. The van der Waals surface area contributed by atoms with E-state index in [0.29, 0.717) is 11.6 Å². The molecule has 0 N–H and O–H groups in total. The molecule has 0 aliphatic rings. The van der Waals surface area contributed by atoms with Gasteiger partial charge in [-0.25, -0.2) is 4.39 Å². The zero-order valence-electron chi connectivity index (χ0n) is 9.17. The Morgan fingerprint density at radius 3 is 2.88 bits per heavy atom. The highest BCUT2D eigenvalue weighted by Crippen LogP contribution is 2.16. The van der Waals surface area contributed by atoms with Gasteiger partial charge in [-0.1, -0.05) is 11.6 Å². The summed E-state index contributed by atoms with van der Waals surface area (Å²) in [5.74, 6) is -0.0517. The van der Waals surface area contributed by atoms with Crippen LogP contribution < -0.4 is 0 Å². The van der Waals surface area contributed by atoms with Crippen LogP contribution in [-0.2, 0) is 0 Å². The maximum absolute atomic E-state index is 13.4. The standard InChI is InChI=1S/C11H13ClFNOS/c1-14(5-6-16-2)11(15)9-7-8(12)3-4-10(9)13/h3-4,7H,5-6H2,1-2H3. The van der Waals surface area contributed by atoms with Crippen LogP contribution in [0, 0.1) is 5.82 Å². The minimum Gasteiger partial charge on any atom is -0.341 e. The van der Waals surface area contributed by atoms with Crippen molar-refractivity contribution < 1.29 is 9.18 Å². The van der Waals surface area contributed by atoms with Crippen molar-refractivity contribution >= 4 is 29.3 Å². The van der Waals surface area contributed by atoms with Crippen LogP contribution in [-0.4, -0.2) is 36.4 Å². The summed E-state index contributed by atoms with van der Waals surface area (Å²) in [7, 11) is 1.65. The third-order valence-corrected chi connectivity index (χ3v) is 2.96. The smallest absolute Gasteiger partial charge is 0.256 e. The highest BCUT2D eigenvalue weighted by molar-refractivity contribution is 7.98. The molecule has 1 rings (SSSR count). The summed E-state index contributed by atoms with van der Waals surface area (Å²) in [4.78, 5) is 13.3. The minimum atomic E-state index is -0.537. The van der Waals surface area contributed by atoms with Crippen LogP contribution >= 0.6 is 23.4 Å². The Balaban J connectivity index is 2.83. The van der Waals surface area contributed by atoms with Gasteiger partial charge in [-0.15, -0.1) is 0 Å². The average Bonchev–Trinajstić information content (AvgIpc) is 2.28. The molecule has 0 unspecified atom stereocenters. The molecule has 1 amide bonds. The Labute approximate surface area is 104 Å². The Hall–Kier alpha value is -0.740. The van der Waals surface area contributed by atoms with E-state index in [-0.39, 0.29) is 11.5 Å². The van der Waals surface area contributed by atoms with Crippen molar-refractivity contribution in [2.45, 2.75) is 0 Å². The molecule has 0 saturated carbocycles. The molecule has 0 fully saturated rings. The van der Waals surface area contributed by atoms with Crippen LogP contribution in [0.25, 0.3) is 0 Å². The van der Waals surface area contributed by atoms with Gasteiger partial charge in [-0.2, -0.15) is 11.8 Å². The third kappa shape index (κ3) is 3.39. The summed E-state index contributed by atoms with van der Waals surface area (Å²) >= 11 is 7.36. The van der Waals surface area contributed by atoms with Gasteiger partial charge in [0.15, 0.2) is 0 Å². The number of amides is 1. The van der Waals surface area contributed by atoms with Gasteiger partial charge in [0.1, 0.15) is 5.82 Å². The van der Waals surface area contributed by atoms with E-state index in [1.54, 1.807) is 18.8 Å². The molecule has 2 nitrogen and oxygen atoms in total. The van der Waals surface area contributed by atoms with Crippen LogP contribution in [0.3, 0.4) is 0 Å². The molecule has 0 bridgehead atoms. The fraction of sp³-hybridized carbons (Fsp3) is 0.364. The van der Waals surface area contributed by atoms with Crippen LogP contribution in [0.1, 0.15) is 10.4 Å². The maximum atomic E-state index is 13.4. The number of rotatable bonds is 4. The predicted octanol–water partition coefficient (Wildman–Crippen LogP) is 2.91. The number of hydrogen-bond donors (Lipinski definition) is 0. The molecule has 88 valence electrons. The van der Waals surface area contributed by atoms with E-state index in [9.17, 15) is 9.18 Å². The van der Waals surface area contributed by atoms with Crippen molar-refractivity contribution in [1.82, 2.24) is 4.90 Å². The number of carbonyl (C=O) groups excluding carboxylic acids is 1. The van der Waals surface area contributed by atoms with Gasteiger partial charge in [-0.05, 0) is 24.5 Å². The second-order valence-electron chi connectivity index (χ2n) is 3.34. The normalized spacial score (nSPS) is 10.2. The number of halogens is 2. The van der Waals surface area contributed by atoms with E-state index in [1.165, 1.54) is 23.1 Å². The predicted molar refractivity (Wildman–Crippen MR) is 66.8 cm³/mol. The highest BCUT2D eigenvalue weighted by Gasteiger charge is 2.16. The Bertz CT molecular complexity index is 386. The fourth-order valence-electron chi connectivity index (χ4n) is 1.20. The quantitative estimate of drug-likeness (QED) is 0.831. The summed E-state index contributed by atoms with van der Waals surface area (Å²) in [6.07, 6.45) is 1.96. The molecule has 0 saturated heterocycles. The number of hydrogen-bond acceptors (Lipinski definition) is 2. The number of carbonyl (C=O) groups is 1. The Morgan fingerprint density at radius 1 is 1.56 bits per heavy atom. The molecule has 1 aromatic rings. The van der Waals surface area contributed by atoms with Crippen molar-refractivity contribution in [1.29, 1.82) is 0 Å². The van der Waals surface area contributed by atoms with Gasteiger partial charge in [0.2, 0.25) is 0 Å². The lowest BCUT2D eigenvalue weighted by atomic mass is 10.2. The topological polar surface area (TPSA) is 20.3 Å². The van der Waals surface area contributed by atoms with E-state index in [1.807, 2.05) is 6.26 Å². The lowest BCUT2D eigenvalue weighted by Crippen LogP contribution is -2.29. The summed E-state index contributed by atoms with van der Waals surface area (Å²) < 4.78 is 13.4. The molecule has 5 heteroatoms. The van der Waals surface area contributed by atoms with Crippen LogP contribution in [0.2, 0.25) is 5.02 Å². The molecule has 0 aliphatic carbocycles. The summed E-state index contributed by atoms with van der Waals surface area (Å²) in [5.41, 5.74) is 0.0242. The van der Waals surface area contributed by atoms with Crippen molar-refractivity contribution in [3.05, 3.63) is 34.6 Å². The van der Waals surface area contributed by atoms with Crippen LogP contribution in [0.4, 0.5) is 4.39 Å². The van der Waals surface area contributed by atoms with Crippen molar-refractivity contribution in [2.75, 3.05) is 25.6 Å². The molecular formula is C11H13ClFNOS. The van der Waals surface area contributed by atoms with Crippen LogP contribution in [0.15, 0.2) is 18.2 Å². The van der Waals surface area contributed by atoms with Gasteiger partial charge >= 0.3 is 0 Å². The van der Waals surface area contributed by atoms with Gasteiger partial charge in [-0.3, -0.25) is 4.79 Å².